The molecule has 0 atom stereocenters. The summed E-state index contributed by atoms with van der Waals surface area (Å²) in [5, 5.41) is 1.20. The van der Waals surface area contributed by atoms with E-state index in [1.807, 2.05) is 30.3 Å². The van der Waals surface area contributed by atoms with Crippen LogP contribution in [0.15, 0.2) is 70.0 Å². The Kier molecular flexibility index (Phi) is 4.87. The first-order chi connectivity index (χ1) is 14.6. The fourth-order valence-corrected chi connectivity index (χ4v) is 4.55. The lowest BCUT2D eigenvalue weighted by atomic mass is 9.96. The topological polar surface area (TPSA) is 44.4 Å². The maximum atomic E-state index is 13.2. The van der Waals surface area contributed by atoms with Crippen LogP contribution < -0.4 is 10.3 Å². The zero-order valence-electron chi connectivity index (χ0n) is 16.7. The van der Waals surface area contributed by atoms with Crippen molar-refractivity contribution in [2.24, 2.45) is 0 Å². The first-order valence-electron chi connectivity index (χ1n) is 10.2. The molecule has 1 saturated carbocycles. The molecule has 0 amide bonds. The molecule has 0 N–H and O–H groups in total. The number of rotatable bonds is 4. The van der Waals surface area contributed by atoms with Crippen LogP contribution in [0.4, 0.5) is 0 Å². The van der Waals surface area contributed by atoms with Crippen LogP contribution in [0.2, 0.25) is 5.02 Å². The number of hydrogen-bond acceptors (Lipinski definition) is 3. The molecule has 0 unspecified atom stereocenters. The lowest BCUT2D eigenvalue weighted by molar-refractivity contribution is 0.405. The second kappa shape index (κ2) is 7.69. The summed E-state index contributed by atoms with van der Waals surface area (Å²) in [5.41, 5.74) is 3.35. The highest BCUT2D eigenvalue weighted by Crippen LogP contribution is 2.39. The summed E-state index contributed by atoms with van der Waals surface area (Å²) in [7, 11) is 1.69. The predicted octanol–water partition coefficient (Wildman–Crippen LogP) is 6.57. The van der Waals surface area contributed by atoms with E-state index in [1.165, 1.54) is 31.2 Å². The van der Waals surface area contributed by atoms with Gasteiger partial charge < -0.3 is 9.15 Å². The molecule has 1 aliphatic carbocycles. The van der Waals surface area contributed by atoms with Gasteiger partial charge in [0.05, 0.1) is 18.2 Å². The van der Waals surface area contributed by atoms with Crippen molar-refractivity contribution in [2.75, 3.05) is 7.11 Å². The number of fused-ring (bicyclic) bond motifs is 1. The molecule has 5 rings (SSSR count). The van der Waals surface area contributed by atoms with Crippen LogP contribution in [0, 0.1) is 0 Å². The van der Waals surface area contributed by atoms with Gasteiger partial charge in [-0.25, -0.2) is 0 Å². The Morgan fingerprint density at radius 2 is 1.80 bits per heavy atom. The summed E-state index contributed by atoms with van der Waals surface area (Å²) < 4.78 is 13.2. The van der Waals surface area contributed by atoms with Gasteiger partial charge in [-0.2, -0.15) is 0 Å². The maximum absolute atomic E-state index is 13.2. The largest absolute Gasteiger partial charge is 0.496 e. The molecule has 152 valence electrons. The van der Waals surface area contributed by atoms with Crippen molar-refractivity contribution >= 4 is 22.6 Å². The van der Waals surface area contributed by atoms with Gasteiger partial charge in [-0.1, -0.05) is 30.5 Å². The number of aromatic nitrogens is 1. The van der Waals surface area contributed by atoms with Crippen molar-refractivity contribution < 1.29 is 9.15 Å². The van der Waals surface area contributed by atoms with E-state index >= 15 is 0 Å². The molecule has 2 aromatic heterocycles. The summed E-state index contributed by atoms with van der Waals surface area (Å²) in [6.07, 6.45) is 6.68. The van der Waals surface area contributed by atoms with E-state index in [-0.39, 0.29) is 5.56 Å². The Morgan fingerprint density at radius 3 is 2.53 bits per heavy atom. The van der Waals surface area contributed by atoms with E-state index in [9.17, 15) is 4.79 Å². The molecule has 0 aliphatic heterocycles. The van der Waals surface area contributed by atoms with Gasteiger partial charge in [0.15, 0.2) is 0 Å². The second-order valence-electron chi connectivity index (χ2n) is 7.79. The smallest absolute Gasteiger partial charge is 0.266 e. The lowest BCUT2D eigenvalue weighted by Crippen LogP contribution is -2.17. The summed E-state index contributed by atoms with van der Waals surface area (Å²) >= 11 is 5.97. The number of ether oxygens (including phenoxy) is 1. The van der Waals surface area contributed by atoms with Crippen molar-refractivity contribution in [2.45, 2.75) is 31.6 Å². The first-order valence-corrected chi connectivity index (χ1v) is 10.6. The molecular weight excluding hydrogens is 398 g/mol. The number of benzene rings is 2. The zero-order chi connectivity index (χ0) is 20.7. The van der Waals surface area contributed by atoms with Crippen LogP contribution >= 0.6 is 11.6 Å². The number of furan rings is 1. The highest BCUT2D eigenvalue weighted by Gasteiger charge is 2.21. The van der Waals surface area contributed by atoms with Crippen molar-refractivity contribution in [1.82, 2.24) is 4.57 Å². The van der Waals surface area contributed by atoms with Gasteiger partial charge in [-0.05, 0) is 66.8 Å². The molecule has 2 aromatic carbocycles. The van der Waals surface area contributed by atoms with Gasteiger partial charge in [-0.3, -0.25) is 9.36 Å². The van der Waals surface area contributed by atoms with Gasteiger partial charge in [0, 0.05) is 22.8 Å². The molecule has 0 spiro atoms. The predicted molar refractivity (Wildman–Crippen MR) is 120 cm³/mol. The minimum Gasteiger partial charge on any atom is -0.496 e. The molecule has 4 aromatic rings. The van der Waals surface area contributed by atoms with Crippen LogP contribution in [-0.4, -0.2) is 11.7 Å². The third kappa shape index (κ3) is 3.31. The lowest BCUT2D eigenvalue weighted by Gasteiger charge is -2.16. The molecular formula is C25H22ClNO3. The number of hydrogen-bond donors (Lipinski definition) is 0. The van der Waals surface area contributed by atoms with E-state index in [0.29, 0.717) is 27.7 Å². The molecule has 0 bridgehead atoms. The van der Waals surface area contributed by atoms with E-state index < -0.39 is 0 Å². The van der Waals surface area contributed by atoms with Crippen molar-refractivity contribution in [1.29, 1.82) is 0 Å². The third-order valence-electron chi connectivity index (χ3n) is 6.00. The first kappa shape index (κ1) is 19.0. The normalized spacial score (nSPS) is 14.5. The highest BCUT2D eigenvalue weighted by atomic mass is 35.5. The Balaban J connectivity index is 1.57. The number of pyridine rings is 1. The standard InChI is InChI=1S/C25H22ClNO3/c1-29-24-14-19(10-11-20(24)16-4-2-3-5-16)27-13-12-22-21(25(27)28)15-23(30-22)17-6-8-18(26)9-7-17/h6-16H,2-5H2,1H3. The van der Waals surface area contributed by atoms with Gasteiger partial charge in [0.1, 0.15) is 17.1 Å². The summed E-state index contributed by atoms with van der Waals surface area (Å²) in [6, 6.07) is 17.1. The minimum atomic E-state index is -0.118. The quantitative estimate of drug-likeness (QED) is 0.375. The Bertz CT molecular complexity index is 1260. The van der Waals surface area contributed by atoms with Crippen LogP contribution in [0.5, 0.6) is 5.75 Å². The average molecular weight is 420 g/mol. The van der Waals surface area contributed by atoms with Crippen LogP contribution in [0.3, 0.4) is 0 Å². The van der Waals surface area contributed by atoms with Crippen LogP contribution in [0.25, 0.3) is 28.0 Å². The molecule has 30 heavy (non-hydrogen) atoms. The molecule has 2 heterocycles. The summed E-state index contributed by atoms with van der Waals surface area (Å²) in [4.78, 5) is 13.2. The molecule has 5 heteroatoms. The third-order valence-corrected chi connectivity index (χ3v) is 6.26. The van der Waals surface area contributed by atoms with Crippen LogP contribution in [-0.2, 0) is 0 Å². The summed E-state index contributed by atoms with van der Waals surface area (Å²) in [6.45, 7) is 0. The van der Waals surface area contributed by atoms with Crippen molar-refractivity contribution in [3.63, 3.8) is 0 Å². The van der Waals surface area contributed by atoms with E-state index in [0.717, 1.165) is 17.0 Å². The van der Waals surface area contributed by atoms with Crippen LogP contribution in [0.1, 0.15) is 37.2 Å². The van der Waals surface area contributed by atoms with Gasteiger partial charge >= 0.3 is 0 Å². The molecule has 0 saturated heterocycles. The van der Waals surface area contributed by atoms with Gasteiger partial charge in [0.25, 0.3) is 5.56 Å². The van der Waals surface area contributed by atoms with E-state index in [2.05, 4.69) is 6.07 Å². The average Bonchev–Trinajstić information content (AvgIpc) is 3.45. The SMILES string of the molecule is COc1cc(-n2ccc3oc(-c4ccc(Cl)cc4)cc3c2=O)ccc1C1CCCC1. The fourth-order valence-electron chi connectivity index (χ4n) is 4.42. The minimum absolute atomic E-state index is 0.118. The van der Waals surface area contributed by atoms with Crippen molar-refractivity contribution in [3.8, 4) is 22.8 Å². The fraction of sp³-hybridized carbons (Fsp3) is 0.240. The van der Waals surface area contributed by atoms with Gasteiger partial charge in [0.2, 0.25) is 0 Å². The number of nitrogens with zero attached hydrogens (tertiary/aromatic N) is 1. The number of methoxy groups -OCH3 is 1. The Hall–Kier alpha value is -2.98. The highest BCUT2D eigenvalue weighted by molar-refractivity contribution is 6.30. The van der Waals surface area contributed by atoms with E-state index in [1.54, 1.807) is 36.1 Å². The summed E-state index contributed by atoms with van der Waals surface area (Å²) in [5.74, 6) is 2.04. The Labute approximate surface area is 179 Å². The monoisotopic (exact) mass is 419 g/mol. The van der Waals surface area contributed by atoms with Crippen molar-refractivity contribution in [3.05, 3.63) is 81.7 Å². The number of halogens is 1. The molecule has 0 radical (unpaired) electrons. The Morgan fingerprint density at radius 1 is 1.03 bits per heavy atom. The van der Waals surface area contributed by atoms with E-state index in [4.69, 9.17) is 20.8 Å². The maximum Gasteiger partial charge on any atom is 0.266 e. The molecule has 1 fully saturated rings. The zero-order valence-corrected chi connectivity index (χ0v) is 17.5. The molecule has 4 nitrogen and oxygen atoms in total. The van der Waals surface area contributed by atoms with Gasteiger partial charge in [-0.15, -0.1) is 0 Å². The molecule has 1 aliphatic rings. The second-order valence-corrected chi connectivity index (χ2v) is 8.23.